The van der Waals surface area contributed by atoms with E-state index < -0.39 is 17.6 Å². The van der Waals surface area contributed by atoms with E-state index in [-0.39, 0.29) is 31.0 Å². The molecular weight excluding hydrogens is 365 g/mol. The van der Waals surface area contributed by atoms with Gasteiger partial charge < -0.3 is 19.7 Å². The average Bonchev–Trinajstić information content (AvgIpc) is 3.02. The highest BCUT2D eigenvalue weighted by molar-refractivity contribution is 5.82. The summed E-state index contributed by atoms with van der Waals surface area (Å²) in [5, 5.41) is 3.03. The van der Waals surface area contributed by atoms with Crippen molar-refractivity contribution in [3.8, 4) is 5.88 Å². The van der Waals surface area contributed by atoms with Crippen molar-refractivity contribution in [3.63, 3.8) is 0 Å². The fourth-order valence-electron chi connectivity index (χ4n) is 2.96. The van der Waals surface area contributed by atoms with Crippen molar-refractivity contribution in [1.29, 1.82) is 0 Å². The van der Waals surface area contributed by atoms with Gasteiger partial charge >= 0.3 is 12.1 Å². The van der Waals surface area contributed by atoms with E-state index in [0.717, 1.165) is 6.07 Å². The minimum absolute atomic E-state index is 0.0249. The highest BCUT2D eigenvalue weighted by atomic mass is 19.4. The Labute approximate surface area is 155 Å². The van der Waals surface area contributed by atoms with Crippen LogP contribution in [0.4, 0.5) is 13.2 Å². The summed E-state index contributed by atoms with van der Waals surface area (Å²) in [7, 11) is 2.95. The van der Waals surface area contributed by atoms with E-state index in [9.17, 15) is 18.0 Å². The van der Waals surface area contributed by atoms with E-state index in [1.54, 1.807) is 7.05 Å². The Balaban J connectivity index is 1.87. The van der Waals surface area contributed by atoms with Crippen molar-refractivity contribution in [3.05, 3.63) is 23.9 Å². The first-order chi connectivity index (χ1) is 12.8. The van der Waals surface area contributed by atoms with Crippen molar-refractivity contribution >= 4 is 11.9 Å². The molecule has 0 aromatic carbocycles. The number of nitrogens with one attached hydrogen (secondary N) is 1. The molecule has 1 aliphatic heterocycles. The molecule has 0 radical (unpaired) electrons. The Hall–Kier alpha value is -2.52. The number of rotatable bonds is 5. The molecule has 0 aliphatic carbocycles. The largest absolute Gasteiger partial charge is 0.475 e. The molecule has 7 nitrogen and oxygen atoms in total. The number of pyridine rings is 1. The lowest BCUT2D eigenvalue weighted by atomic mass is 9.99. The van der Waals surface area contributed by atoms with E-state index >= 15 is 0 Å². The van der Waals surface area contributed by atoms with Gasteiger partial charge in [-0.25, -0.2) is 4.98 Å². The molecule has 0 spiro atoms. The van der Waals surface area contributed by atoms with Crippen molar-refractivity contribution < 1.29 is 27.4 Å². The molecular formula is C17H23F3N4O3. The number of likely N-dealkylation sites (tertiary alicyclic amines) is 1. The third kappa shape index (κ3) is 5.24. The van der Waals surface area contributed by atoms with E-state index in [1.807, 2.05) is 11.8 Å². The summed E-state index contributed by atoms with van der Waals surface area (Å²) < 4.78 is 48.7. The third-order valence-corrected chi connectivity index (χ3v) is 4.33. The Bertz CT molecular complexity index is 682. The lowest BCUT2D eigenvalue weighted by Crippen LogP contribution is -2.42. The number of ether oxygens (including phenoxy) is 2. The molecule has 2 heterocycles. The van der Waals surface area contributed by atoms with Crippen LogP contribution in [0.25, 0.3) is 0 Å². The van der Waals surface area contributed by atoms with E-state index in [4.69, 9.17) is 9.47 Å². The number of aliphatic imine (C=N–C) groups is 1. The van der Waals surface area contributed by atoms with Gasteiger partial charge in [0.15, 0.2) is 5.96 Å². The second kappa shape index (κ2) is 8.92. The first-order valence-electron chi connectivity index (χ1n) is 8.46. The van der Waals surface area contributed by atoms with Crippen molar-refractivity contribution in [2.75, 3.05) is 40.4 Å². The summed E-state index contributed by atoms with van der Waals surface area (Å²) in [5.74, 6) is -0.308. The molecule has 1 aromatic heterocycles. The Kier molecular flexibility index (Phi) is 6.86. The summed E-state index contributed by atoms with van der Waals surface area (Å²) in [5.41, 5.74) is -0.913. The molecule has 0 bridgehead atoms. The molecule has 2 atom stereocenters. The molecule has 27 heavy (non-hydrogen) atoms. The topological polar surface area (TPSA) is 76.1 Å². The predicted molar refractivity (Wildman–Crippen MR) is 92.3 cm³/mol. The molecule has 1 aliphatic rings. The number of guanidine groups is 1. The first kappa shape index (κ1) is 20.8. The number of hydrogen-bond donors (Lipinski definition) is 1. The van der Waals surface area contributed by atoms with Crippen LogP contribution in [0.2, 0.25) is 0 Å². The van der Waals surface area contributed by atoms with Crippen LogP contribution in [-0.2, 0) is 15.7 Å². The van der Waals surface area contributed by atoms with Gasteiger partial charge in [-0.1, -0.05) is 6.92 Å². The van der Waals surface area contributed by atoms with E-state index in [2.05, 4.69) is 15.3 Å². The van der Waals surface area contributed by atoms with Crippen LogP contribution < -0.4 is 10.1 Å². The van der Waals surface area contributed by atoms with Gasteiger partial charge in [-0.2, -0.15) is 13.2 Å². The summed E-state index contributed by atoms with van der Waals surface area (Å²) >= 11 is 0. The minimum atomic E-state index is -4.53. The van der Waals surface area contributed by atoms with Crippen molar-refractivity contribution in [1.82, 2.24) is 15.2 Å². The molecule has 10 heteroatoms. The Morgan fingerprint density at radius 2 is 2.19 bits per heavy atom. The van der Waals surface area contributed by atoms with Gasteiger partial charge in [0.25, 0.3) is 0 Å². The van der Waals surface area contributed by atoms with Crippen molar-refractivity contribution in [2.45, 2.75) is 13.1 Å². The quantitative estimate of drug-likeness (QED) is 0.359. The van der Waals surface area contributed by atoms with Gasteiger partial charge in [0.05, 0.1) is 19.6 Å². The minimum Gasteiger partial charge on any atom is -0.475 e. The molecule has 1 saturated heterocycles. The molecule has 1 N–H and O–H groups in total. The summed E-state index contributed by atoms with van der Waals surface area (Å²) in [6.45, 7) is 3.25. The molecule has 0 amide bonds. The fraction of sp³-hybridized carbons (Fsp3) is 0.588. The third-order valence-electron chi connectivity index (χ3n) is 4.33. The number of nitrogens with zero attached hydrogens (tertiary/aromatic N) is 3. The number of esters is 1. The van der Waals surface area contributed by atoms with Crippen LogP contribution in [0.3, 0.4) is 0 Å². The van der Waals surface area contributed by atoms with Crippen LogP contribution in [0, 0.1) is 11.8 Å². The fourth-order valence-corrected chi connectivity index (χ4v) is 2.96. The predicted octanol–water partition coefficient (Wildman–Crippen LogP) is 1.80. The van der Waals surface area contributed by atoms with Gasteiger partial charge in [-0.05, 0) is 18.1 Å². The lowest BCUT2D eigenvalue weighted by molar-refractivity contribution is -0.146. The number of halogens is 3. The van der Waals surface area contributed by atoms with E-state index in [0.29, 0.717) is 19.0 Å². The van der Waals surface area contributed by atoms with Crippen LogP contribution in [-0.4, -0.2) is 62.2 Å². The maximum Gasteiger partial charge on any atom is 0.421 e. The number of alkyl halides is 3. The average molecular weight is 388 g/mol. The molecule has 2 unspecified atom stereocenters. The highest BCUT2D eigenvalue weighted by Gasteiger charge is 2.37. The maximum absolute atomic E-state index is 12.9. The van der Waals surface area contributed by atoms with Gasteiger partial charge in [0, 0.05) is 26.3 Å². The van der Waals surface area contributed by atoms with Gasteiger partial charge in [0.2, 0.25) is 5.88 Å². The van der Waals surface area contributed by atoms with Crippen molar-refractivity contribution in [2.24, 2.45) is 16.8 Å². The molecule has 1 aromatic rings. The Morgan fingerprint density at radius 1 is 1.44 bits per heavy atom. The number of carbonyl (C=O) groups is 1. The Morgan fingerprint density at radius 3 is 2.81 bits per heavy atom. The van der Waals surface area contributed by atoms with Gasteiger partial charge in [0.1, 0.15) is 12.2 Å². The molecule has 0 saturated carbocycles. The van der Waals surface area contributed by atoms with Crippen LogP contribution >= 0.6 is 0 Å². The molecule has 2 rings (SSSR count). The highest BCUT2D eigenvalue weighted by Crippen LogP contribution is 2.34. The summed E-state index contributed by atoms with van der Waals surface area (Å²) in [6.07, 6.45) is -3.28. The summed E-state index contributed by atoms with van der Waals surface area (Å²) in [6, 6.07) is 2.13. The van der Waals surface area contributed by atoms with Crippen LogP contribution in [0.15, 0.2) is 23.3 Å². The second-order valence-corrected chi connectivity index (χ2v) is 6.19. The van der Waals surface area contributed by atoms with Crippen LogP contribution in [0.1, 0.15) is 12.5 Å². The second-order valence-electron chi connectivity index (χ2n) is 6.19. The maximum atomic E-state index is 12.9. The van der Waals surface area contributed by atoms with E-state index in [1.165, 1.54) is 19.4 Å². The molecule has 1 fully saturated rings. The zero-order valence-corrected chi connectivity index (χ0v) is 15.4. The number of methoxy groups -OCH3 is 1. The number of hydrogen-bond acceptors (Lipinski definition) is 5. The zero-order valence-electron chi connectivity index (χ0n) is 15.4. The standard InChI is InChI=1S/C17H23F3N4O3/c1-11-9-24(10-12(11)15(25)26-3)16(21-2)23-7-8-27-14-13(17(18,19)20)5-4-6-22-14/h4-6,11-12H,7-10H2,1-3H3,(H,21,23). The zero-order chi connectivity index (χ0) is 20.0. The lowest BCUT2D eigenvalue weighted by Gasteiger charge is -2.21. The monoisotopic (exact) mass is 388 g/mol. The number of aromatic nitrogens is 1. The first-order valence-corrected chi connectivity index (χ1v) is 8.46. The SMILES string of the molecule is CN=C(NCCOc1ncccc1C(F)(F)F)N1CC(C)C(C(=O)OC)C1. The smallest absolute Gasteiger partial charge is 0.421 e. The van der Waals surface area contributed by atoms with Crippen LogP contribution in [0.5, 0.6) is 5.88 Å². The van der Waals surface area contributed by atoms with Gasteiger partial charge in [-0.3, -0.25) is 9.79 Å². The summed E-state index contributed by atoms with van der Waals surface area (Å²) in [4.78, 5) is 21.5. The molecule has 150 valence electrons. The normalized spacial score (nSPS) is 20.5. The van der Waals surface area contributed by atoms with Gasteiger partial charge in [-0.15, -0.1) is 0 Å². The number of carbonyl (C=O) groups excluding carboxylic acids is 1.